The van der Waals surface area contributed by atoms with E-state index in [-0.39, 0.29) is 36.3 Å². The van der Waals surface area contributed by atoms with E-state index in [1.54, 1.807) is 43.3 Å². The topological polar surface area (TPSA) is 139 Å². The van der Waals surface area contributed by atoms with Gasteiger partial charge in [-0.2, -0.15) is 0 Å². The van der Waals surface area contributed by atoms with Crippen LogP contribution in [0.1, 0.15) is 23.6 Å². The molecule has 13 heteroatoms. The summed E-state index contributed by atoms with van der Waals surface area (Å²) in [6.45, 7) is 2.31. The number of rotatable bonds is 14. The van der Waals surface area contributed by atoms with Crippen LogP contribution in [0.15, 0.2) is 102 Å². The molecule has 1 N–H and O–H groups in total. The van der Waals surface area contributed by atoms with Gasteiger partial charge in [0.25, 0.3) is 15.7 Å². The van der Waals surface area contributed by atoms with Crippen LogP contribution in [0.5, 0.6) is 5.75 Å². The maximum atomic E-state index is 15.0. The van der Waals surface area contributed by atoms with Gasteiger partial charge in [-0.25, -0.2) is 12.8 Å². The highest BCUT2D eigenvalue weighted by Gasteiger charge is 2.35. The Morgan fingerprint density at radius 1 is 0.979 bits per heavy atom. The number of benzene rings is 4. The second kappa shape index (κ2) is 15.3. The van der Waals surface area contributed by atoms with E-state index in [1.807, 2.05) is 0 Å². The number of nitro groups is 1. The van der Waals surface area contributed by atoms with Crippen molar-refractivity contribution in [3.8, 4) is 5.75 Å². The van der Waals surface area contributed by atoms with Crippen molar-refractivity contribution in [2.45, 2.75) is 37.8 Å². The third kappa shape index (κ3) is 8.30. The molecule has 0 spiro atoms. The molecule has 4 rings (SSSR count). The van der Waals surface area contributed by atoms with Crippen LogP contribution in [0.2, 0.25) is 0 Å². The minimum atomic E-state index is -4.61. The first-order chi connectivity index (χ1) is 22.5. The van der Waals surface area contributed by atoms with Gasteiger partial charge >= 0.3 is 0 Å². The molecule has 47 heavy (non-hydrogen) atoms. The highest BCUT2D eigenvalue weighted by atomic mass is 32.2. The predicted octanol–water partition coefficient (Wildman–Crippen LogP) is 5.02. The molecular weight excluding hydrogens is 627 g/mol. The first-order valence-corrected chi connectivity index (χ1v) is 16.2. The first-order valence-electron chi connectivity index (χ1n) is 14.7. The summed E-state index contributed by atoms with van der Waals surface area (Å²) in [4.78, 5) is 39.7. The van der Waals surface area contributed by atoms with Crippen LogP contribution in [0.25, 0.3) is 0 Å². The molecule has 4 aromatic carbocycles. The van der Waals surface area contributed by atoms with Gasteiger partial charge in [-0.05, 0) is 55.8 Å². The fraction of sp³-hybridized carbons (Fsp3) is 0.235. The molecule has 0 saturated heterocycles. The summed E-state index contributed by atoms with van der Waals surface area (Å²) in [5, 5.41) is 14.4. The summed E-state index contributed by atoms with van der Waals surface area (Å²) in [5.41, 5.74) is 0.749. The van der Waals surface area contributed by atoms with Crippen LogP contribution < -0.4 is 14.4 Å². The Kier molecular flexibility index (Phi) is 11.3. The van der Waals surface area contributed by atoms with E-state index >= 15 is 0 Å². The number of sulfonamides is 1. The third-order valence-electron chi connectivity index (χ3n) is 7.53. The summed E-state index contributed by atoms with van der Waals surface area (Å²) in [5.74, 6) is -1.49. The van der Waals surface area contributed by atoms with Gasteiger partial charge < -0.3 is 15.0 Å². The van der Waals surface area contributed by atoms with Gasteiger partial charge in [-0.15, -0.1) is 0 Å². The van der Waals surface area contributed by atoms with Crippen molar-refractivity contribution in [2.24, 2.45) is 0 Å². The largest absolute Gasteiger partial charge is 0.497 e. The number of halogens is 1. The maximum Gasteiger partial charge on any atom is 0.273 e. The maximum absolute atomic E-state index is 15.0. The fourth-order valence-corrected chi connectivity index (χ4v) is 6.44. The molecule has 2 amide bonds. The molecule has 0 aliphatic carbocycles. The average Bonchev–Trinajstić information content (AvgIpc) is 3.06. The Bertz CT molecular complexity index is 1840. The lowest BCUT2D eigenvalue weighted by molar-refractivity contribution is -0.385. The summed E-state index contributed by atoms with van der Waals surface area (Å²) >= 11 is 0. The van der Waals surface area contributed by atoms with E-state index in [1.165, 1.54) is 73.5 Å². The number of anilines is 1. The highest BCUT2D eigenvalue weighted by Crippen LogP contribution is 2.30. The molecule has 1 atom stereocenters. The smallest absolute Gasteiger partial charge is 0.273 e. The molecule has 0 fully saturated rings. The quantitative estimate of drug-likeness (QED) is 0.148. The number of nitrogens with one attached hydrogen (secondary N) is 1. The van der Waals surface area contributed by atoms with Gasteiger partial charge in [0.1, 0.15) is 24.2 Å². The van der Waals surface area contributed by atoms with Crippen molar-refractivity contribution < 1.29 is 32.1 Å². The monoisotopic (exact) mass is 662 g/mol. The molecule has 0 saturated carbocycles. The van der Waals surface area contributed by atoms with Crippen LogP contribution >= 0.6 is 0 Å². The van der Waals surface area contributed by atoms with Gasteiger partial charge in [0.15, 0.2) is 0 Å². The number of methoxy groups -OCH3 is 1. The number of likely N-dealkylation sites (N-methyl/N-ethyl adjacent to an activating group) is 1. The lowest BCUT2D eigenvalue weighted by atomic mass is 10.0. The normalized spacial score (nSPS) is 11.7. The van der Waals surface area contributed by atoms with Gasteiger partial charge in [-0.1, -0.05) is 54.6 Å². The Morgan fingerprint density at radius 2 is 1.64 bits per heavy atom. The summed E-state index contributed by atoms with van der Waals surface area (Å²) in [6, 6.07) is 22.9. The Morgan fingerprint density at radius 3 is 2.26 bits per heavy atom. The molecule has 0 aromatic heterocycles. The predicted molar refractivity (Wildman–Crippen MR) is 175 cm³/mol. The van der Waals surface area contributed by atoms with E-state index in [4.69, 9.17) is 4.74 Å². The van der Waals surface area contributed by atoms with Crippen molar-refractivity contribution in [3.63, 3.8) is 0 Å². The minimum Gasteiger partial charge on any atom is -0.497 e. The number of aryl methyl sites for hydroxylation is 1. The lowest BCUT2D eigenvalue weighted by Crippen LogP contribution is -2.53. The van der Waals surface area contributed by atoms with E-state index < -0.39 is 55.7 Å². The van der Waals surface area contributed by atoms with Crippen molar-refractivity contribution in [1.29, 1.82) is 0 Å². The summed E-state index contributed by atoms with van der Waals surface area (Å²) in [6.07, 6.45) is 0.0618. The van der Waals surface area contributed by atoms with Crippen LogP contribution in [0.4, 0.5) is 15.8 Å². The van der Waals surface area contributed by atoms with Crippen molar-refractivity contribution in [1.82, 2.24) is 10.2 Å². The molecule has 0 aliphatic rings. The SMILES string of the molecule is CCNC(=O)C(Cc1ccccc1)N(Cc1ccccc1F)C(=O)CN(c1ccc(OC)cc1)S(=O)(=O)c1ccc(C)c([N+](=O)[O-])c1. The zero-order valence-electron chi connectivity index (χ0n) is 26.1. The molecule has 11 nitrogen and oxygen atoms in total. The van der Waals surface area contributed by atoms with Crippen molar-refractivity contribution >= 4 is 33.2 Å². The molecule has 0 radical (unpaired) electrons. The number of hydrogen-bond acceptors (Lipinski definition) is 7. The number of amides is 2. The van der Waals surface area contributed by atoms with Gasteiger partial charge in [0.05, 0.1) is 22.6 Å². The second-order valence-electron chi connectivity index (χ2n) is 10.6. The Balaban J connectivity index is 1.84. The number of ether oxygens (including phenoxy) is 1. The van der Waals surface area contributed by atoms with E-state index in [2.05, 4.69) is 5.32 Å². The minimum absolute atomic E-state index is 0.0610. The average molecular weight is 663 g/mol. The fourth-order valence-electron chi connectivity index (χ4n) is 5.01. The number of carbonyl (C=O) groups excluding carboxylic acids is 2. The van der Waals surface area contributed by atoms with Crippen LogP contribution in [-0.4, -0.2) is 56.3 Å². The molecule has 0 bridgehead atoms. The van der Waals surface area contributed by atoms with Gasteiger partial charge in [0, 0.05) is 36.7 Å². The van der Waals surface area contributed by atoms with Crippen LogP contribution in [0.3, 0.4) is 0 Å². The molecule has 4 aromatic rings. The Labute approximate surface area is 272 Å². The summed E-state index contributed by atoms with van der Waals surface area (Å²) < 4.78 is 49.4. The number of nitro benzene ring substituents is 1. The number of nitrogens with zero attached hydrogens (tertiary/aromatic N) is 3. The van der Waals surface area contributed by atoms with Gasteiger partial charge in [-0.3, -0.25) is 24.0 Å². The molecule has 1 unspecified atom stereocenters. The molecule has 246 valence electrons. The lowest BCUT2D eigenvalue weighted by Gasteiger charge is -2.34. The van der Waals surface area contributed by atoms with Crippen LogP contribution in [-0.2, 0) is 32.6 Å². The zero-order valence-corrected chi connectivity index (χ0v) is 26.9. The Hall–Kier alpha value is -5.30. The number of carbonyl (C=O) groups is 2. The second-order valence-corrected chi connectivity index (χ2v) is 12.5. The summed E-state index contributed by atoms with van der Waals surface area (Å²) in [7, 11) is -3.17. The first kappa shape index (κ1) is 34.6. The molecular formula is C34H35FN4O7S. The number of hydrogen-bond donors (Lipinski definition) is 1. The molecule has 0 aliphatic heterocycles. The van der Waals surface area contributed by atoms with Crippen LogP contribution in [0, 0.1) is 22.9 Å². The highest BCUT2D eigenvalue weighted by molar-refractivity contribution is 7.92. The zero-order chi connectivity index (χ0) is 34.1. The van der Waals surface area contributed by atoms with Crippen molar-refractivity contribution in [3.05, 3.63) is 130 Å². The van der Waals surface area contributed by atoms with Gasteiger partial charge in [0.2, 0.25) is 11.8 Å². The molecule has 0 heterocycles. The van der Waals surface area contributed by atoms with E-state index in [9.17, 15) is 32.5 Å². The standard InChI is InChI=1S/C34H35FN4O7S/c1-4-36-34(41)32(20-25-10-6-5-7-11-25)37(22-26-12-8-9-13-30(26)35)33(40)23-38(27-15-17-28(46-3)18-16-27)47(44,45)29-19-14-24(2)31(21-29)39(42)43/h5-19,21,32H,4,20,22-23H2,1-3H3,(H,36,41). The van der Waals surface area contributed by atoms with E-state index in [0.29, 0.717) is 5.75 Å². The van der Waals surface area contributed by atoms with E-state index in [0.717, 1.165) is 15.9 Å². The van der Waals surface area contributed by atoms with Crippen molar-refractivity contribution in [2.75, 3.05) is 24.5 Å². The third-order valence-corrected chi connectivity index (χ3v) is 9.30.